The van der Waals surface area contributed by atoms with E-state index in [4.69, 9.17) is 0 Å². The lowest BCUT2D eigenvalue weighted by Crippen LogP contribution is -2.43. The van der Waals surface area contributed by atoms with Gasteiger partial charge in [0, 0.05) is 54.8 Å². The van der Waals surface area contributed by atoms with Crippen molar-refractivity contribution in [1.82, 2.24) is 19.8 Å². The molecule has 0 atom stereocenters. The lowest BCUT2D eigenvalue weighted by atomic mass is 9.92. The van der Waals surface area contributed by atoms with Crippen molar-refractivity contribution in [1.29, 1.82) is 0 Å². The molecule has 1 aliphatic rings. The van der Waals surface area contributed by atoms with Crippen LogP contribution in [0.4, 0.5) is 17.6 Å². The minimum absolute atomic E-state index is 0.0562. The monoisotopic (exact) mass is 654 g/mol. The number of carbonyl (C=O) groups is 2. The van der Waals surface area contributed by atoms with E-state index in [1.54, 1.807) is 42.4 Å². The minimum atomic E-state index is -0.826. The fourth-order valence-corrected chi connectivity index (χ4v) is 4.29. The zero-order valence-corrected chi connectivity index (χ0v) is 27.2. The van der Waals surface area contributed by atoms with Crippen LogP contribution in [-0.2, 0) is 0 Å². The molecular weight excluding hydrogens is 620 g/mol. The molecule has 1 aliphatic carbocycles. The number of amides is 2. The Hall–Kier alpha value is -5.48. The van der Waals surface area contributed by atoms with Crippen LogP contribution in [0.2, 0.25) is 0 Å². The highest BCUT2D eigenvalue weighted by molar-refractivity contribution is 5.93. The fraction of sp³-hybridized carbons (Fsp3) is 0.263. The van der Waals surface area contributed by atoms with Crippen molar-refractivity contribution < 1.29 is 27.2 Å². The summed E-state index contributed by atoms with van der Waals surface area (Å²) in [6.45, 7) is 5.45. The number of pyridine rings is 2. The summed E-state index contributed by atoms with van der Waals surface area (Å²) in [4.78, 5) is 35.8. The third-order valence-corrected chi connectivity index (χ3v) is 7.73. The smallest absolute Gasteiger partial charge is 0.275 e. The zero-order valence-electron chi connectivity index (χ0n) is 27.2. The van der Waals surface area contributed by atoms with E-state index in [-0.39, 0.29) is 28.5 Å². The molecule has 2 amide bonds. The first-order valence-corrected chi connectivity index (χ1v) is 15.1. The van der Waals surface area contributed by atoms with Gasteiger partial charge in [0.2, 0.25) is 0 Å². The largest absolute Gasteiger partial charge is 0.337 e. The topological polar surface area (TPSA) is 66.4 Å². The average molecular weight is 655 g/mol. The van der Waals surface area contributed by atoms with Crippen LogP contribution in [0.15, 0.2) is 73.1 Å². The number of hydrogen-bond donors (Lipinski definition) is 0. The van der Waals surface area contributed by atoms with E-state index in [1.807, 2.05) is 27.8 Å². The molecule has 10 heteroatoms. The van der Waals surface area contributed by atoms with Crippen LogP contribution >= 0.6 is 0 Å². The van der Waals surface area contributed by atoms with Gasteiger partial charge in [-0.05, 0) is 94.6 Å². The third-order valence-electron chi connectivity index (χ3n) is 7.73. The minimum Gasteiger partial charge on any atom is -0.337 e. The highest BCUT2D eigenvalue weighted by Gasteiger charge is 2.27. The van der Waals surface area contributed by atoms with Gasteiger partial charge in [-0.25, -0.2) is 27.5 Å². The van der Waals surface area contributed by atoms with Crippen LogP contribution < -0.4 is 0 Å². The molecule has 5 rings (SSSR count). The van der Waals surface area contributed by atoms with Crippen molar-refractivity contribution in [3.8, 4) is 23.7 Å². The summed E-state index contributed by atoms with van der Waals surface area (Å²) in [5.41, 5.74) is 0.922. The Labute approximate surface area is 277 Å². The molecule has 0 aliphatic heterocycles. The van der Waals surface area contributed by atoms with Gasteiger partial charge in [0.05, 0.1) is 5.56 Å². The highest BCUT2D eigenvalue weighted by atomic mass is 19.1. The molecule has 0 N–H and O–H groups in total. The first-order chi connectivity index (χ1) is 22.7. The molecule has 4 aromatic rings. The Bertz CT molecular complexity index is 1930. The first-order valence-electron chi connectivity index (χ1n) is 15.1. The number of aromatic nitrogens is 2. The summed E-state index contributed by atoms with van der Waals surface area (Å²) in [6, 6.07) is 13.9. The molecule has 2 aromatic carbocycles. The van der Waals surface area contributed by atoms with Crippen molar-refractivity contribution in [3.05, 3.63) is 130 Å². The predicted octanol–water partition coefficient (Wildman–Crippen LogP) is 7.01. The summed E-state index contributed by atoms with van der Waals surface area (Å²) < 4.78 is 53.9. The molecule has 1 fully saturated rings. The fourth-order valence-electron chi connectivity index (χ4n) is 4.29. The Morgan fingerprint density at radius 3 is 2.00 bits per heavy atom. The Balaban J connectivity index is 0.000000217. The zero-order chi connectivity index (χ0) is 35.0. The summed E-state index contributed by atoms with van der Waals surface area (Å²) in [5, 5.41) is 0. The molecule has 48 heavy (non-hydrogen) atoms. The van der Waals surface area contributed by atoms with Crippen molar-refractivity contribution in [2.75, 3.05) is 14.1 Å². The van der Waals surface area contributed by atoms with E-state index >= 15 is 0 Å². The van der Waals surface area contributed by atoms with Gasteiger partial charge in [-0.2, -0.15) is 0 Å². The van der Waals surface area contributed by atoms with E-state index in [2.05, 4.69) is 33.6 Å². The lowest BCUT2D eigenvalue weighted by Gasteiger charge is -2.34. The molecule has 0 bridgehead atoms. The summed E-state index contributed by atoms with van der Waals surface area (Å²) >= 11 is 0. The Morgan fingerprint density at radius 1 is 0.729 bits per heavy atom. The lowest BCUT2D eigenvalue weighted by molar-refractivity contribution is 0.0637. The van der Waals surface area contributed by atoms with Crippen LogP contribution in [0.5, 0.6) is 0 Å². The molecule has 1 saturated carbocycles. The number of halogens is 4. The Kier molecular flexibility index (Phi) is 11.4. The molecule has 2 heterocycles. The van der Waals surface area contributed by atoms with Gasteiger partial charge in [0.15, 0.2) is 11.5 Å². The van der Waals surface area contributed by atoms with Gasteiger partial charge in [-0.1, -0.05) is 29.7 Å². The van der Waals surface area contributed by atoms with E-state index in [9.17, 15) is 27.2 Å². The maximum atomic E-state index is 14.2. The maximum Gasteiger partial charge on any atom is 0.275 e. The van der Waals surface area contributed by atoms with Crippen LogP contribution in [0, 0.1) is 47.0 Å². The van der Waals surface area contributed by atoms with Gasteiger partial charge < -0.3 is 9.80 Å². The van der Waals surface area contributed by atoms with Crippen LogP contribution in [0.1, 0.15) is 83.3 Å². The summed E-state index contributed by atoms with van der Waals surface area (Å²) in [5.74, 6) is 7.69. The third kappa shape index (κ3) is 9.29. The number of carbonyl (C=O) groups excluding carboxylic acids is 2. The molecular formula is C38H34F4N4O2. The number of rotatable bonds is 3. The second-order valence-corrected chi connectivity index (χ2v) is 12.2. The predicted molar refractivity (Wildman–Crippen MR) is 175 cm³/mol. The first kappa shape index (κ1) is 35.4. The Morgan fingerprint density at radius 2 is 1.40 bits per heavy atom. The maximum absolute atomic E-state index is 14.2. The number of hydrogen-bond acceptors (Lipinski definition) is 4. The van der Waals surface area contributed by atoms with E-state index in [0.29, 0.717) is 22.9 Å². The van der Waals surface area contributed by atoms with Crippen LogP contribution in [0.25, 0.3) is 0 Å². The van der Waals surface area contributed by atoms with E-state index in [0.717, 1.165) is 37.1 Å². The van der Waals surface area contributed by atoms with E-state index < -0.39 is 28.9 Å². The number of nitrogens with zero attached hydrogens (tertiary/aromatic N) is 4. The van der Waals surface area contributed by atoms with Crippen LogP contribution in [0.3, 0.4) is 0 Å². The standard InChI is InChI=1S/C19H17F3N2O.C19H17FN2O/c1-19(2,3)24(4)18(25)17-16(22)9-12(11-23-17)5-6-13-10-14(20)7-8-15(13)21;1-22(17-6-3-7-17)19(23)18-11-10-15(13-21-18)9-8-14-4-2-5-16(20)12-14/h7-11H,1-4H3;2,4-5,10-13,17H,3,6-7H2,1H3. The normalized spacial score (nSPS) is 12.2. The van der Waals surface area contributed by atoms with Crippen molar-refractivity contribution in [2.45, 2.75) is 51.6 Å². The average Bonchev–Trinajstić information content (AvgIpc) is 3.02. The van der Waals surface area contributed by atoms with Crippen LogP contribution in [-0.4, -0.2) is 57.3 Å². The molecule has 246 valence electrons. The molecule has 6 nitrogen and oxygen atoms in total. The van der Waals surface area contributed by atoms with Gasteiger partial charge in [0.25, 0.3) is 11.8 Å². The van der Waals surface area contributed by atoms with Crippen molar-refractivity contribution in [2.24, 2.45) is 0 Å². The second kappa shape index (κ2) is 15.4. The second-order valence-electron chi connectivity index (χ2n) is 12.2. The highest BCUT2D eigenvalue weighted by Crippen LogP contribution is 2.24. The molecule has 2 aromatic heterocycles. The van der Waals surface area contributed by atoms with Crippen molar-refractivity contribution >= 4 is 11.8 Å². The molecule has 0 saturated heterocycles. The van der Waals surface area contributed by atoms with Gasteiger partial charge in [-0.15, -0.1) is 0 Å². The van der Waals surface area contributed by atoms with Gasteiger partial charge in [-0.3, -0.25) is 9.59 Å². The van der Waals surface area contributed by atoms with Crippen molar-refractivity contribution in [3.63, 3.8) is 0 Å². The van der Waals surface area contributed by atoms with Gasteiger partial charge >= 0.3 is 0 Å². The summed E-state index contributed by atoms with van der Waals surface area (Å²) in [6.07, 6.45) is 6.12. The quantitative estimate of drug-likeness (QED) is 0.176. The van der Waals surface area contributed by atoms with Gasteiger partial charge in [0.1, 0.15) is 23.1 Å². The molecule has 0 radical (unpaired) electrons. The number of benzene rings is 2. The van der Waals surface area contributed by atoms with E-state index in [1.165, 1.54) is 29.7 Å². The summed E-state index contributed by atoms with van der Waals surface area (Å²) in [7, 11) is 3.38. The molecule has 0 spiro atoms. The molecule has 0 unspecified atom stereocenters. The SMILES string of the molecule is CN(C(=O)c1ccc(C#Cc2cccc(F)c2)cn1)C1CCC1.CN(C(=O)c1ncc(C#Cc2cc(F)ccc2F)cc1F)C(C)(C)C.